The maximum Gasteiger partial charge on any atom is 0.224 e. The zero-order valence-electron chi connectivity index (χ0n) is 9.63. The van der Waals surface area contributed by atoms with E-state index < -0.39 is 5.82 Å². The van der Waals surface area contributed by atoms with Gasteiger partial charge in [0.15, 0.2) is 0 Å². The number of carbonyl (C=O) groups excluding carboxylic acids is 1. The molecule has 92 valence electrons. The lowest BCUT2D eigenvalue weighted by atomic mass is 10.2. The second-order valence-corrected chi connectivity index (χ2v) is 4.15. The molecule has 17 heavy (non-hydrogen) atoms. The van der Waals surface area contributed by atoms with Gasteiger partial charge < -0.3 is 11.1 Å². The van der Waals surface area contributed by atoms with E-state index in [0.29, 0.717) is 12.0 Å². The van der Waals surface area contributed by atoms with E-state index in [1.807, 2.05) is 6.92 Å². The molecule has 0 aromatic heterocycles. The zero-order chi connectivity index (χ0) is 12.8. The van der Waals surface area contributed by atoms with Crippen LogP contribution in [0.1, 0.15) is 31.7 Å². The van der Waals surface area contributed by atoms with Crippen LogP contribution in [0.5, 0.6) is 0 Å². The number of unbranched alkanes of at least 4 members (excludes halogenated alkanes) is 1. The van der Waals surface area contributed by atoms with Crippen molar-refractivity contribution in [2.45, 2.75) is 26.2 Å². The molecule has 1 aromatic carbocycles. The molecule has 3 N–H and O–H groups in total. The van der Waals surface area contributed by atoms with Gasteiger partial charge in [-0.15, -0.1) is 0 Å². The Morgan fingerprint density at radius 1 is 1.53 bits per heavy atom. The molecule has 0 saturated carbocycles. The van der Waals surface area contributed by atoms with Crippen molar-refractivity contribution in [3.8, 4) is 0 Å². The number of thiocarbonyl (C=S) groups is 1. The summed E-state index contributed by atoms with van der Waals surface area (Å²) in [7, 11) is 0. The molecule has 0 aliphatic heterocycles. The normalized spacial score (nSPS) is 10.0. The third-order valence-corrected chi connectivity index (χ3v) is 2.52. The van der Waals surface area contributed by atoms with Gasteiger partial charge >= 0.3 is 0 Å². The number of nitrogens with one attached hydrogen (secondary N) is 1. The van der Waals surface area contributed by atoms with Crippen LogP contribution in [0.3, 0.4) is 0 Å². The molecule has 5 heteroatoms. The maximum absolute atomic E-state index is 13.6. The average molecular weight is 254 g/mol. The van der Waals surface area contributed by atoms with Crippen molar-refractivity contribution in [1.29, 1.82) is 0 Å². The fourth-order valence-corrected chi connectivity index (χ4v) is 1.45. The SMILES string of the molecule is CCCCC(=O)Nc1ccc(C(N)=S)cc1F. The van der Waals surface area contributed by atoms with Crippen molar-refractivity contribution in [2.75, 3.05) is 5.32 Å². The number of benzene rings is 1. The fraction of sp³-hybridized carbons (Fsp3) is 0.333. The van der Waals surface area contributed by atoms with Gasteiger partial charge in [-0.3, -0.25) is 4.79 Å². The van der Waals surface area contributed by atoms with E-state index in [9.17, 15) is 9.18 Å². The molecule has 1 amide bonds. The van der Waals surface area contributed by atoms with Crippen molar-refractivity contribution in [3.63, 3.8) is 0 Å². The highest BCUT2D eigenvalue weighted by Gasteiger charge is 2.08. The van der Waals surface area contributed by atoms with E-state index in [1.54, 1.807) is 6.07 Å². The lowest BCUT2D eigenvalue weighted by Crippen LogP contribution is -2.14. The Hall–Kier alpha value is -1.49. The van der Waals surface area contributed by atoms with Crippen LogP contribution in [-0.4, -0.2) is 10.9 Å². The third kappa shape index (κ3) is 4.11. The van der Waals surface area contributed by atoms with Crippen LogP contribution in [0.2, 0.25) is 0 Å². The Bertz CT molecular complexity index is 435. The number of rotatable bonds is 5. The van der Waals surface area contributed by atoms with Gasteiger partial charge in [0.1, 0.15) is 10.8 Å². The first kappa shape index (κ1) is 13.6. The molecule has 0 radical (unpaired) electrons. The number of anilines is 1. The maximum atomic E-state index is 13.6. The topological polar surface area (TPSA) is 55.1 Å². The highest BCUT2D eigenvalue weighted by atomic mass is 32.1. The molecular weight excluding hydrogens is 239 g/mol. The monoisotopic (exact) mass is 254 g/mol. The minimum Gasteiger partial charge on any atom is -0.389 e. The number of hydrogen-bond acceptors (Lipinski definition) is 2. The predicted octanol–water partition coefficient (Wildman–Crippen LogP) is 2.59. The van der Waals surface area contributed by atoms with Crippen LogP contribution in [0, 0.1) is 5.82 Å². The van der Waals surface area contributed by atoms with E-state index in [1.165, 1.54) is 12.1 Å². The first-order valence-electron chi connectivity index (χ1n) is 5.43. The van der Waals surface area contributed by atoms with Crippen molar-refractivity contribution in [1.82, 2.24) is 0 Å². The molecule has 0 unspecified atom stereocenters. The quantitative estimate of drug-likeness (QED) is 0.794. The number of carbonyl (C=O) groups is 1. The first-order valence-corrected chi connectivity index (χ1v) is 5.84. The first-order chi connectivity index (χ1) is 8.04. The molecular formula is C12H15FN2OS. The standard InChI is InChI=1S/C12H15FN2OS/c1-2-3-4-11(16)15-10-6-5-8(12(14)17)7-9(10)13/h5-7H,2-4H2,1H3,(H2,14,17)(H,15,16). The summed E-state index contributed by atoms with van der Waals surface area (Å²) < 4.78 is 13.6. The summed E-state index contributed by atoms with van der Waals surface area (Å²) in [6.45, 7) is 1.99. The highest BCUT2D eigenvalue weighted by Crippen LogP contribution is 2.16. The molecule has 0 atom stereocenters. The Morgan fingerprint density at radius 3 is 2.76 bits per heavy atom. The summed E-state index contributed by atoms with van der Waals surface area (Å²) in [4.78, 5) is 11.5. The molecule has 1 aromatic rings. The lowest BCUT2D eigenvalue weighted by Gasteiger charge is -2.07. The van der Waals surface area contributed by atoms with Crippen LogP contribution in [0.15, 0.2) is 18.2 Å². The molecule has 0 heterocycles. The molecule has 0 bridgehead atoms. The van der Waals surface area contributed by atoms with Gasteiger partial charge in [0.25, 0.3) is 0 Å². The van der Waals surface area contributed by atoms with Gasteiger partial charge in [-0.25, -0.2) is 4.39 Å². The summed E-state index contributed by atoms with van der Waals surface area (Å²) in [5, 5.41) is 2.51. The number of nitrogens with two attached hydrogens (primary N) is 1. The Morgan fingerprint density at radius 2 is 2.24 bits per heavy atom. The summed E-state index contributed by atoms with van der Waals surface area (Å²) in [5.74, 6) is -0.714. The van der Waals surface area contributed by atoms with Crippen molar-refractivity contribution >= 4 is 28.8 Å². The number of amides is 1. The minimum absolute atomic E-state index is 0.132. The highest BCUT2D eigenvalue weighted by molar-refractivity contribution is 7.80. The molecule has 1 rings (SSSR count). The van der Waals surface area contributed by atoms with Gasteiger partial charge in [-0.1, -0.05) is 25.6 Å². The van der Waals surface area contributed by atoms with Crippen molar-refractivity contribution in [3.05, 3.63) is 29.6 Å². The molecule has 0 saturated heterocycles. The number of halogens is 1. The van der Waals surface area contributed by atoms with E-state index >= 15 is 0 Å². The summed E-state index contributed by atoms with van der Waals surface area (Å²) in [6.07, 6.45) is 2.11. The Balaban J connectivity index is 2.72. The van der Waals surface area contributed by atoms with Crippen molar-refractivity contribution in [2.24, 2.45) is 5.73 Å². The average Bonchev–Trinajstić information content (AvgIpc) is 2.28. The van der Waals surface area contributed by atoms with Gasteiger partial charge in [0.05, 0.1) is 5.69 Å². The van der Waals surface area contributed by atoms with E-state index in [4.69, 9.17) is 18.0 Å². The van der Waals surface area contributed by atoms with E-state index in [-0.39, 0.29) is 16.6 Å². The van der Waals surface area contributed by atoms with Gasteiger partial charge in [0.2, 0.25) is 5.91 Å². The van der Waals surface area contributed by atoms with Crippen molar-refractivity contribution < 1.29 is 9.18 Å². The number of hydrogen-bond donors (Lipinski definition) is 2. The smallest absolute Gasteiger partial charge is 0.224 e. The second kappa shape index (κ2) is 6.30. The van der Waals surface area contributed by atoms with Gasteiger partial charge in [-0.2, -0.15) is 0 Å². The van der Waals surface area contributed by atoms with Crippen LogP contribution < -0.4 is 11.1 Å². The van der Waals surface area contributed by atoms with E-state index in [0.717, 1.165) is 12.8 Å². The minimum atomic E-state index is -0.528. The van der Waals surface area contributed by atoms with Gasteiger partial charge in [-0.05, 0) is 24.6 Å². The van der Waals surface area contributed by atoms with Crippen LogP contribution in [-0.2, 0) is 4.79 Å². The van der Waals surface area contributed by atoms with Crippen LogP contribution in [0.4, 0.5) is 10.1 Å². The second-order valence-electron chi connectivity index (χ2n) is 3.71. The van der Waals surface area contributed by atoms with Crippen LogP contribution >= 0.6 is 12.2 Å². The molecule has 0 spiro atoms. The predicted molar refractivity (Wildman–Crippen MR) is 70.4 cm³/mol. The largest absolute Gasteiger partial charge is 0.389 e. The summed E-state index contributed by atoms with van der Waals surface area (Å²) >= 11 is 4.73. The van der Waals surface area contributed by atoms with Crippen LogP contribution in [0.25, 0.3) is 0 Å². The molecule has 0 aliphatic carbocycles. The molecule has 3 nitrogen and oxygen atoms in total. The molecule has 0 aliphatic rings. The summed E-state index contributed by atoms with van der Waals surface area (Å²) in [6, 6.07) is 4.27. The lowest BCUT2D eigenvalue weighted by molar-refractivity contribution is -0.116. The third-order valence-electron chi connectivity index (χ3n) is 2.29. The Kier molecular flexibility index (Phi) is 5.03. The summed E-state index contributed by atoms with van der Waals surface area (Å²) in [5.41, 5.74) is 5.98. The van der Waals surface area contributed by atoms with Gasteiger partial charge in [0, 0.05) is 12.0 Å². The fourth-order valence-electron chi connectivity index (χ4n) is 1.32. The molecule has 0 fully saturated rings. The Labute approximate surface area is 105 Å². The van der Waals surface area contributed by atoms with E-state index in [2.05, 4.69) is 5.32 Å². The zero-order valence-corrected chi connectivity index (χ0v) is 10.4.